The minimum absolute atomic E-state index is 0.181. The van der Waals surface area contributed by atoms with E-state index < -0.39 is 17.5 Å². The summed E-state index contributed by atoms with van der Waals surface area (Å²) in [4.78, 5) is 24.9. The maximum absolute atomic E-state index is 13.1. The highest BCUT2D eigenvalue weighted by Gasteiger charge is 2.35. The number of hydrogen-bond donors (Lipinski definition) is 0. The number of fused-ring (bicyclic) bond motifs is 1. The summed E-state index contributed by atoms with van der Waals surface area (Å²) in [5.74, 6) is -1.64. The van der Waals surface area contributed by atoms with Gasteiger partial charge in [0.25, 0.3) is 11.7 Å². The minimum Gasteiger partial charge on any atom is -0.305 e. The van der Waals surface area contributed by atoms with Gasteiger partial charge in [-0.3, -0.25) is 9.59 Å². The lowest BCUT2D eigenvalue weighted by molar-refractivity contribution is -0.114. The van der Waals surface area contributed by atoms with Crippen LogP contribution in [0, 0.1) is 5.82 Å². The monoisotopic (exact) mass is 313 g/mol. The van der Waals surface area contributed by atoms with Crippen molar-refractivity contribution < 1.29 is 14.0 Å². The summed E-state index contributed by atoms with van der Waals surface area (Å²) < 4.78 is 13.1. The number of benzene rings is 1. The van der Waals surface area contributed by atoms with Crippen LogP contribution in [0.1, 0.15) is 29.6 Å². The molecule has 1 aromatic carbocycles. The number of anilines is 1. The Morgan fingerprint density at radius 3 is 2.67 bits per heavy atom. The number of alkyl halides is 1. The Morgan fingerprint density at radius 1 is 1.17 bits per heavy atom. The Morgan fingerprint density at radius 2 is 1.94 bits per heavy atom. The van der Waals surface area contributed by atoms with Gasteiger partial charge in [0.05, 0.1) is 11.3 Å². The smallest absolute Gasteiger partial charge is 0.299 e. The second-order valence-corrected chi connectivity index (χ2v) is 4.99. The van der Waals surface area contributed by atoms with Crippen LogP contribution in [0.3, 0.4) is 0 Å². The average Bonchev–Trinajstić information content (AvgIpc) is 2.59. The number of hydrogen-bond acceptors (Lipinski definition) is 2. The van der Waals surface area contributed by atoms with Gasteiger partial charge in [-0.2, -0.15) is 0 Å². The molecule has 0 spiro atoms. The maximum atomic E-state index is 13.1. The Bertz CT molecular complexity index is 490. The predicted molar refractivity (Wildman–Crippen MR) is 70.7 cm³/mol. The first-order valence-corrected chi connectivity index (χ1v) is 6.99. The highest BCUT2D eigenvalue weighted by atomic mass is 79.9. The van der Waals surface area contributed by atoms with Crippen LogP contribution in [0.25, 0.3) is 0 Å². The molecule has 0 saturated heterocycles. The van der Waals surface area contributed by atoms with Crippen molar-refractivity contribution in [2.24, 2.45) is 0 Å². The van der Waals surface area contributed by atoms with E-state index in [2.05, 4.69) is 15.9 Å². The highest BCUT2D eigenvalue weighted by molar-refractivity contribution is 9.09. The van der Waals surface area contributed by atoms with Crippen LogP contribution in [0.15, 0.2) is 18.2 Å². The molecule has 2 rings (SSSR count). The van der Waals surface area contributed by atoms with E-state index in [9.17, 15) is 14.0 Å². The predicted octanol–water partition coefficient (Wildman–Crippen LogP) is 2.92. The summed E-state index contributed by atoms with van der Waals surface area (Å²) in [7, 11) is 0. The average molecular weight is 314 g/mol. The normalized spacial score (nSPS) is 14.2. The van der Waals surface area contributed by atoms with E-state index >= 15 is 0 Å². The van der Waals surface area contributed by atoms with Gasteiger partial charge in [-0.25, -0.2) is 4.39 Å². The van der Waals surface area contributed by atoms with Gasteiger partial charge in [0.15, 0.2) is 0 Å². The van der Waals surface area contributed by atoms with Gasteiger partial charge >= 0.3 is 0 Å². The molecule has 1 aromatic rings. The molecular formula is C13H13BrFNO2. The molecule has 0 radical (unpaired) electrons. The maximum Gasteiger partial charge on any atom is 0.299 e. The van der Waals surface area contributed by atoms with Gasteiger partial charge < -0.3 is 4.90 Å². The molecule has 1 aliphatic rings. The van der Waals surface area contributed by atoms with Crippen LogP contribution in [0.4, 0.5) is 10.1 Å². The van der Waals surface area contributed by atoms with Gasteiger partial charge in [-0.1, -0.05) is 22.4 Å². The standard InChI is InChI=1S/C13H13BrFNO2/c14-6-2-1-3-7-16-11-5-4-9(15)8-10(11)12(17)13(16)18/h4-5,8H,1-3,6-7H2. The molecule has 96 valence electrons. The number of nitrogens with zero attached hydrogens (tertiary/aromatic N) is 1. The van der Waals surface area contributed by atoms with Crippen molar-refractivity contribution in [2.75, 3.05) is 16.8 Å². The topological polar surface area (TPSA) is 37.4 Å². The van der Waals surface area contributed by atoms with Crippen LogP contribution >= 0.6 is 15.9 Å². The molecule has 18 heavy (non-hydrogen) atoms. The van der Waals surface area contributed by atoms with Crippen molar-refractivity contribution in [3.63, 3.8) is 0 Å². The molecule has 0 fully saturated rings. The number of ketones is 1. The third-order valence-corrected chi connectivity index (χ3v) is 3.51. The van der Waals surface area contributed by atoms with Crippen molar-refractivity contribution in [3.05, 3.63) is 29.6 Å². The lowest BCUT2D eigenvalue weighted by Gasteiger charge is -2.15. The molecular weight excluding hydrogens is 301 g/mol. The zero-order valence-corrected chi connectivity index (χ0v) is 11.4. The molecule has 0 aliphatic carbocycles. The fourth-order valence-electron chi connectivity index (χ4n) is 2.04. The number of carbonyl (C=O) groups excluding carboxylic acids is 2. The highest BCUT2D eigenvalue weighted by Crippen LogP contribution is 2.29. The summed E-state index contributed by atoms with van der Waals surface area (Å²) in [5.41, 5.74) is 0.714. The molecule has 3 nitrogen and oxygen atoms in total. The second kappa shape index (κ2) is 5.61. The minimum atomic E-state index is -0.606. The largest absolute Gasteiger partial charge is 0.305 e. The van der Waals surface area contributed by atoms with Crippen molar-refractivity contribution in [3.8, 4) is 0 Å². The summed E-state index contributed by atoms with van der Waals surface area (Å²) in [5, 5.41) is 0.932. The number of Topliss-reactive ketones (excluding diaryl/α,β-unsaturated/α-hetero) is 1. The fraction of sp³-hybridized carbons (Fsp3) is 0.385. The van der Waals surface area contributed by atoms with E-state index in [1.54, 1.807) is 0 Å². The van der Waals surface area contributed by atoms with Crippen LogP contribution in [-0.4, -0.2) is 23.6 Å². The first-order chi connectivity index (χ1) is 8.65. The SMILES string of the molecule is O=C1C(=O)N(CCCCCBr)c2ccc(F)cc21. The summed E-state index contributed by atoms with van der Waals surface area (Å²) in [6.45, 7) is 0.510. The summed E-state index contributed by atoms with van der Waals surface area (Å²) in [6.07, 6.45) is 2.85. The van der Waals surface area contributed by atoms with Crippen LogP contribution < -0.4 is 4.90 Å². The number of halogens is 2. The van der Waals surface area contributed by atoms with E-state index in [1.165, 1.54) is 17.0 Å². The van der Waals surface area contributed by atoms with E-state index in [4.69, 9.17) is 0 Å². The zero-order chi connectivity index (χ0) is 13.1. The van der Waals surface area contributed by atoms with Crippen molar-refractivity contribution >= 4 is 33.3 Å². The molecule has 1 heterocycles. The fourth-order valence-corrected chi connectivity index (χ4v) is 2.43. The van der Waals surface area contributed by atoms with Crippen LogP contribution in [-0.2, 0) is 4.79 Å². The van der Waals surface area contributed by atoms with E-state index in [0.717, 1.165) is 30.7 Å². The molecule has 0 unspecified atom stereocenters. The first-order valence-electron chi connectivity index (χ1n) is 5.87. The van der Waals surface area contributed by atoms with Gasteiger partial charge in [-0.15, -0.1) is 0 Å². The zero-order valence-electron chi connectivity index (χ0n) is 9.79. The summed E-state index contributed by atoms with van der Waals surface area (Å²) >= 11 is 3.34. The molecule has 1 aliphatic heterocycles. The molecule has 0 N–H and O–H groups in total. The van der Waals surface area contributed by atoms with Crippen molar-refractivity contribution in [2.45, 2.75) is 19.3 Å². The molecule has 5 heteroatoms. The Hall–Kier alpha value is -1.23. The lowest BCUT2D eigenvalue weighted by atomic mass is 10.1. The Labute approximate surface area is 113 Å². The van der Waals surface area contributed by atoms with Gasteiger partial charge in [0, 0.05) is 11.9 Å². The van der Waals surface area contributed by atoms with Crippen molar-refractivity contribution in [1.29, 1.82) is 0 Å². The number of carbonyl (C=O) groups is 2. The molecule has 1 amide bonds. The molecule has 0 saturated carbocycles. The Balaban J connectivity index is 2.13. The quantitative estimate of drug-likeness (QED) is 0.476. The molecule has 0 atom stereocenters. The van der Waals surface area contributed by atoms with Gasteiger partial charge in [-0.05, 0) is 31.0 Å². The number of amides is 1. The van der Waals surface area contributed by atoms with Crippen LogP contribution in [0.5, 0.6) is 0 Å². The lowest BCUT2D eigenvalue weighted by Crippen LogP contribution is -2.30. The first kappa shape index (κ1) is 13.2. The molecule has 0 bridgehead atoms. The van der Waals surface area contributed by atoms with Gasteiger partial charge in [0.2, 0.25) is 0 Å². The molecule has 0 aromatic heterocycles. The number of rotatable bonds is 5. The Kier molecular flexibility index (Phi) is 4.11. The van der Waals surface area contributed by atoms with E-state index in [1.807, 2.05) is 0 Å². The van der Waals surface area contributed by atoms with E-state index in [-0.39, 0.29) is 5.56 Å². The second-order valence-electron chi connectivity index (χ2n) is 4.20. The van der Waals surface area contributed by atoms with E-state index in [0.29, 0.717) is 12.2 Å². The third-order valence-electron chi connectivity index (χ3n) is 2.95. The van der Waals surface area contributed by atoms with Gasteiger partial charge in [0.1, 0.15) is 5.82 Å². The third kappa shape index (κ3) is 2.46. The number of unbranched alkanes of at least 4 members (excludes halogenated alkanes) is 2. The van der Waals surface area contributed by atoms with Crippen LogP contribution in [0.2, 0.25) is 0 Å². The van der Waals surface area contributed by atoms with Crippen molar-refractivity contribution in [1.82, 2.24) is 0 Å². The summed E-state index contributed by atoms with van der Waals surface area (Å²) in [6, 6.07) is 3.90.